The Kier molecular flexibility index (Phi) is 3.14. The zero-order valence-electron chi connectivity index (χ0n) is 12.1. The van der Waals surface area contributed by atoms with Crippen molar-refractivity contribution in [3.8, 4) is 5.75 Å². The fraction of sp³-hybridized carbons (Fsp3) is 0.375. The van der Waals surface area contributed by atoms with Gasteiger partial charge in [-0.05, 0) is 18.6 Å². The minimum absolute atomic E-state index is 0.110. The molecule has 3 heterocycles. The van der Waals surface area contributed by atoms with E-state index in [0.29, 0.717) is 22.0 Å². The SMILES string of the molecule is COc1cccc2cc(C(=O)N3CC4CC3CS4)c(=O)oc12. The Morgan fingerprint density at radius 2 is 2.32 bits per heavy atom. The molecule has 114 valence electrons. The highest BCUT2D eigenvalue weighted by molar-refractivity contribution is 8.00. The zero-order chi connectivity index (χ0) is 15.3. The first-order chi connectivity index (χ1) is 10.7. The molecule has 2 fully saturated rings. The number of para-hydroxylation sites is 1. The van der Waals surface area contributed by atoms with Gasteiger partial charge in [-0.25, -0.2) is 4.79 Å². The number of thioether (sulfide) groups is 1. The van der Waals surface area contributed by atoms with E-state index in [1.54, 1.807) is 12.1 Å². The van der Waals surface area contributed by atoms with Crippen LogP contribution in [0.3, 0.4) is 0 Å². The average Bonchev–Trinajstić information content (AvgIpc) is 3.16. The quantitative estimate of drug-likeness (QED) is 0.794. The molecule has 4 rings (SSSR count). The van der Waals surface area contributed by atoms with Crippen LogP contribution in [-0.2, 0) is 0 Å². The molecule has 6 heteroatoms. The van der Waals surface area contributed by atoms with Gasteiger partial charge in [-0.2, -0.15) is 11.8 Å². The summed E-state index contributed by atoms with van der Waals surface area (Å²) in [6.07, 6.45) is 1.03. The van der Waals surface area contributed by atoms with Crippen molar-refractivity contribution in [1.29, 1.82) is 0 Å². The molecule has 5 nitrogen and oxygen atoms in total. The van der Waals surface area contributed by atoms with E-state index in [-0.39, 0.29) is 17.5 Å². The molecule has 0 saturated carbocycles. The van der Waals surface area contributed by atoms with Gasteiger partial charge in [-0.3, -0.25) is 4.79 Å². The number of carbonyl (C=O) groups is 1. The Morgan fingerprint density at radius 1 is 1.45 bits per heavy atom. The van der Waals surface area contributed by atoms with Crippen LogP contribution < -0.4 is 10.4 Å². The Balaban J connectivity index is 1.77. The Bertz CT molecular complexity index is 815. The number of rotatable bonds is 2. The first-order valence-electron chi connectivity index (χ1n) is 7.21. The van der Waals surface area contributed by atoms with Crippen molar-refractivity contribution < 1.29 is 13.9 Å². The third-order valence-electron chi connectivity index (χ3n) is 4.34. The second-order valence-corrected chi connectivity index (χ2v) is 6.96. The van der Waals surface area contributed by atoms with Gasteiger partial charge in [-0.15, -0.1) is 0 Å². The molecular formula is C16H15NO4S. The van der Waals surface area contributed by atoms with Gasteiger partial charge in [0.05, 0.1) is 7.11 Å². The highest BCUT2D eigenvalue weighted by Crippen LogP contribution is 2.38. The number of likely N-dealkylation sites (tertiary alicyclic amines) is 1. The number of nitrogens with zero attached hydrogens (tertiary/aromatic N) is 1. The first-order valence-corrected chi connectivity index (χ1v) is 8.25. The lowest BCUT2D eigenvalue weighted by Gasteiger charge is -2.26. The van der Waals surface area contributed by atoms with Crippen molar-refractivity contribution in [2.24, 2.45) is 0 Å². The largest absolute Gasteiger partial charge is 0.493 e. The molecule has 2 aromatic rings. The molecular weight excluding hydrogens is 302 g/mol. The third-order valence-corrected chi connectivity index (χ3v) is 5.73. The molecule has 1 aromatic carbocycles. The molecule has 2 unspecified atom stereocenters. The number of benzene rings is 1. The number of hydrogen-bond acceptors (Lipinski definition) is 5. The maximum Gasteiger partial charge on any atom is 0.349 e. The van der Waals surface area contributed by atoms with Crippen molar-refractivity contribution in [1.82, 2.24) is 4.90 Å². The summed E-state index contributed by atoms with van der Waals surface area (Å²) in [6, 6.07) is 7.21. The van der Waals surface area contributed by atoms with Crippen molar-refractivity contribution >= 4 is 28.6 Å². The molecule has 2 aliphatic rings. The standard InChI is InChI=1S/C16H15NO4S/c1-20-13-4-2-3-9-5-12(16(19)21-14(9)13)15(18)17-7-11-6-10(17)8-22-11/h2-5,10-11H,6-8H2,1H3. The van der Waals surface area contributed by atoms with Crippen LogP contribution in [0, 0.1) is 0 Å². The van der Waals surface area contributed by atoms with Gasteiger partial charge in [0.2, 0.25) is 0 Å². The van der Waals surface area contributed by atoms with Gasteiger partial charge in [0, 0.05) is 29.0 Å². The predicted molar refractivity (Wildman–Crippen MR) is 84.7 cm³/mol. The summed E-state index contributed by atoms with van der Waals surface area (Å²) in [5.41, 5.74) is -0.110. The molecule has 0 spiro atoms. The van der Waals surface area contributed by atoms with Gasteiger partial charge in [0.25, 0.3) is 5.91 Å². The summed E-state index contributed by atoms with van der Waals surface area (Å²) >= 11 is 1.91. The Hall–Kier alpha value is -1.95. The van der Waals surface area contributed by atoms with Crippen LogP contribution in [-0.4, -0.2) is 41.5 Å². The van der Waals surface area contributed by atoms with Crippen molar-refractivity contribution in [3.63, 3.8) is 0 Å². The van der Waals surface area contributed by atoms with Crippen molar-refractivity contribution in [2.45, 2.75) is 17.7 Å². The van der Waals surface area contributed by atoms with Crippen LogP contribution >= 0.6 is 11.8 Å². The highest BCUT2D eigenvalue weighted by atomic mass is 32.2. The lowest BCUT2D eigenvalue weighted by Crippen LogP contribution is -2.40. The summed E-state index contributed by atoms with van der Waals surface area (Å²) in [5, 5.41) is 1.21. The van der Waals surface area contributed by atoms with E-state index >= 15 is 0 Å². The molecule has 0 aliphatic carbocycles. The number of ether oxygens (including phenoxy) is 1. The molecule has 2 atom stereocenters. The minimum atomic E-state index is -0.600. The van der Waals surface area contributed by atoms with Gasteiger partial charge >= 0.3 is 5.63 Å². The van der Waals surface area contributed by atoms with E-state index in [0.717, 1.165) is 18.7 Å². The molecule has 2 saturated heterocycles. The van der Waals surface area contributed by atoms with Gasteiger partial charge in [-0.1, -0.05) is 12.1 Å². The number of fused-ring (bicyclic) bond motifs is 3. The number of hydrogen-bond donors (Lipinski definition) is 0. The normalized spacial score (nSPS) is 23.2. The maximum atomic E-state index is 12.7. The summed E-state index contributed by atoms with van der Waals surface area (Å²) in [7, 11) is 1.52. The number of methoxy groups -OCH3 is 1. The zero-order valence-corrected chi connectivity index (χ0v) is 12.9. The Morgan fingerprint density at radius 3 is 3.00 bits per heavy atom. The monoisotopic (exact) mass is 317 g/mol. The molecule has 0 N–H and O–H groups in total. The highest BCUT2D eigenvalue weighted by Gasteiger charge is 2.41. The van der Waals surface area contributed by atoms with Crippen LogP contribution in [0.15, 0.2) is 33.5 Å². The molecule has 0 radical (unpaired) electrons. The summed E-state index contributed by atoms with van der Waals surface area (Å²) in [6.45, 7) is 0.726. The minimum Gasteiger partial charge on any atom is -0.493 e. The molecule has 2 aliphatic heterocycles. The van der Waals surface area contributed by atoms with E-state index in [9.17, 15) is 9.59 Å². The smallest absolute Gasteiger partial charge is 0.349 e. The fourth-order valence-corrected chi connectivity index (χ4v) is 4.67. The molecule has 22 heavy (non-hydrogen) atoms. The molecule has 1 amide bonds. The lowest BCUT2D eigenvalue weighted by molar-refractivity contribution is 0.0743. The maximum absolute atomic E-state index is 12.7. The van der Waals surface area contributed by atoms with Gasteiger partial charge < -0.3 is 14.1 Å². The Labute approximate surface area is 131 Å². The van der Waals surface area contributed by atoms with Crippen LogP contribution in [0.1, 0.15) is 16.8 Å². The van der Waals surface area contributed by atoms with Crippen LogP contribution in [0.2, 0.25) is 0 Å². The average molecular weight is 317 g/mol. The van der Waals surface area contributed by atoms with Gasteiger partial charge in [0.1, 0.15) is 5.56 Å². The van der Waals surface area contributed by atoms with E-state index in [1.165, 1.54) is 7.11 Å². The molecule has 1 aromatic heterocycles. The predicted octanol–water partition coefficient (Wildman–Crippen LogP) is 2.13. The summed E-state index contributed by atoms with van der Waals surface area (Å²) in [4.78, 5) is 26.7. The summed E-state index contributed by atoms with van der Waals surface area (Å²) < 4.78 is 10.5. The van der Waals surface area contributed by atoms with Crippen LogP contribution in [0.25, 0.3) is 11.0 Å². The topological polar surface area (TPSA) is 59.8 Å². The van der Waals surface area contributed by atoms with E-state index in [2.05, 4.69) is 0 Å². The summed E-state index contributed by atoms with van der Waals surface area (Å²) in [5.74, 6) is 1.24. The lowest BCUT2D eigenvalue weighted by atomic mass is 10.1. The number of amides is 1. The van der Waals surface area contributed by atoms with Crippen LogP contribution in [0.5, 0.6) is 5.75 Å². The third kappa shape index (κ3) is 2.01. The van der Waals surface area contributed by atoms with Crippen molar-refractivity contribution in [3.05, 3.63) is 40.2 Å². The second-order valence-electron chi connectivity index (χ2n) is 5.63. The number of carbonyl (C=O) groups excluding carboxylic acids is 1. The van der Waals surface area contributed by atoms with E-state index in [4.69, 9.17) is 9.15 Å². The molecule has 2 bridgehead atoms. The van der Waals surface area contributed by atoms with Crippen molar-refractivity contribution in [2.75, 3.05) is 19.4 Å². The fourth-order valence-electron chi connectivity index (χ4n) is 3.23. The van der Waals surface area contributed by atoms with E-state index in [1.807, 2.05) is 28.8 Å². The first kappa shape index (κ1) is 13.7. The van der Waals surface area contributed by atoms with E-state index < -0.39 is 5.63 Å². The second kappa shape index (κ2) is 5.05. The van der Waals surface area contributed by atoms with Gasteiger partial charge in [0.15, 0.2) is 11.3 Å². The van der Waals surface area contributed by atoms with Crippen LogP contribution in [0.4, 0.5) is 0 Å².